The van der Waals surface area contributed by atoms with Crippen LogP contribution in [0.3, 0.4) is 0 Å². The molecule has 0 saturated heterocycles. The van der Waals surface area contributed by atoms with Gasteiger partial charge in [0.05, 0.1) is 5.02 Å². The van der Waals surface area contributed by atoms with Crippen LogP contribution in [0.1, 0.15) is 35.9 Å². The van der Waals surface area contributed by atoms with Crippen LogP contribution in [0, 0.1) is 0 Å². The van der Waals surface area contributed by atoms with Gasteiger partial charge in [-0.3, -0.25) is 4.79 Å². The molecule has 0 bridgehead atoms. The molecule has 7 heteroatoms. The van der Waals surface area contributed by atoms with E-state index in [4.69, 9.17) is 27.6 Å². The summed E-state index contributed by atoms with van der Waals surface area (Å²) in [5.74, 6) is -0.132. The number of carbonyl (C=O) groups is 1. The second kappa shape index (κ2) is 7.30. The molecule has 1 atom stereocenters. The standard InChI is InChI=1S/C18H15Cl2NO3S/c1-10(2)11-3-4-12-8-16(24-15(12)7-11)18(22)21-25(23)17-6-5-13(19)9-14(17)20/h3-10H,1-2H3,(H,21,22). The molecule has 1 amide bonds. The van der Waals surface area contributed by atoms with E-state index >= 15 is 0 Å². The number of furan rings is 1. The van der Waals surface area contributed by atoms with Crippen LogP contribution in [0.4, 0.5) is 0 Å². The van der Waals surface area contributed by atoms with E-state index in [1.165, 1.54) is 12.1 Å². The van der Waals surface area contributed by atoms with Crippen LogP contribution >= 0.6 is 23.2 Å². The second-order valence-corrected chi connectivity index (χ2v) is 7.86. The predicted octanol–water partition coefficient (Wildman–Crippen LogP) is 5.32. The Morgan fingerprint density at radius 3 is 2.60 bits per heavy atom. The lowest BCUT2D eigenvalue weighted by Gasteiger charge is -2.10. The van der Waals surface area contributed by atoms with Crippen LogP contribution < -0.4 is 4.72 Å². The van der Waals surface area contributed by atoms with Crippen LogP contribution in [-0.2, 0) is 11.4 Å². The van der Waals surface area contributed by atoms with Crippen molar-refractivity contribution in [3.05, 3.63) is 63.8 Å². The molecule has 0 fully saturated rings. The minimum atomic E-state index is -1.82. The zero-order valence-corrected chi connectivity index (χ0v) is 15.8. The third-order valence-corrected chi connectivity index (χ3v) is 5.50. The highest BCUT2D eigenvalue weighted by atomic mass is 35.5. The summed E-state index contributed by atoms with van der Waals surface area (Å²) < 4.78 is 20.3. The second-order valence-electron chi connectivity index (χ2n) is 5.84. The highest BCUT2D eigenvalue weighted by Gasteiger charge is 2.22. The zero-order valence-electron chi connectivity index (χ0n) is 13.5. The summed E-state index contributed by atoms with van der Waals surface area (Å²) in [7, 11) is 0. The smallest absolute Gasteiger partial charge is 0.328 e. The first-order valence-electron chi connectivity index (χ1n) is 7.56. The maximum absolute atomic E-state index is 12.3. The molecular formula is C18H15Cl2NO3S. The molecule has 1 N–H and O–H groups in total. The molecule has 3 rings (SSSR count). The first kappa shape index (κ1) is 18.1. The van der Waals surface area contributed by atoms with Crippen LogP contribution in [0.15, 0.2) is 51.8 Å². The van der Waals surface area contributed by atoms with Gasteiger partial charge in [0, 0.05) is 10.4 Å². The van der Waals surface area contributed by atoms with Crippen LogP contribution in [0.25, 0.3) is 11.0 Å². The van der Waals surface area contributed by atoms with Crippen LogP contribution in [-0.4, -0.2) is 10.5 Å². The molecule has 0 spiro atoms. The van der Waals surface area contributed by atoms with E-state index < -0.39 is 17.3 Å². The Hall–Kier alpha value is -1.66. The Balaban J connectivity index is 1.81. The largest absolute Gasteiger partial charge is 0.588 e. The summed E-state index contributed by atoms with van der Waals surface area (Å²) in [5.41, 5.74) is 1.73. The van der Waals surface area contributed by atoms with E-state index in [9.17, 15) is 9.35 Å². The molecular weight excluding hydrogens is 381 g/mol. The molecule has 3 aromatic rings. The van der Waals surface area contributed by atoms with Crippen molar-refractivity contribution in [3.63, 3.8) is 0 Å². The first-order valence-corrected chi connectivity index (χ1v) is 9.47. The predicted molar refractivity (Wildman–Crippen MR) is 101 cm³/mol. The van der Waals surface area contributed by atoms with Crippen molar-refractivity contribution in [3.8, 4) is 0 Å². The topological polar surface area (TPSA) is 65.3 Å². The van der Waals surface area contributed by atoms with E-state index in [2.05, 4.69) is 18.6 Å². The van der Waals surface area contributed by atoms with E-state index in [-0.39, 0.29) is 15.7 Å². The van der Waals surface area contributed by atoms with Crippen molar-refractivity contribution in [2.75, 3.05) is 0 Å². The number of hydrogen-bond donors (Lipinski definition) is 1. The van der Waals surface area contributed by atoms with E-state index in [0.717, 1.165) is 10.9 Å². The third-order valence-electron chi connectivity index (χ3n) is 3.71. The highest BCUT2D eigenvalue weighted by Crippen LogP contribution is 2.26. The van der Waals surface area contributed by atoms with Gasteiger partial charge in [-0.25, -0.2) is 0 Å². The van der Waals surface area contributed by atoms with Crippen molar-refractivity contribution in [2.45, 2.75) is 24.7 Å². The Morgan fingerprint density at radius 2 is 1.92 bits per heavy atom. The van der Waals surface area contributed by atoms with Crippen molar-refractivity contribution in [1.29, 1.82) is 0 Å². The molecule has 0 radical (unpaired) electrons. The minimum Gasteiger partial charge on any atom is -0.588 e. The normalized spacial score (nSPS) is 12.6. The first-order chi connectivity index (χ1) is 11.8. The summed E-state index contributed by atoms with van der Waals surface area (Å²) in [6.07, 6.45) is 0. The highest BCUT2D eigenvalue weighted by molar-refractivity contribution is 7.90. The van der Waals surface area contributed by atoms with Gasteiger partial charge in [0.25, 0.3) is 0 Å². The fourth-order valence-electron chi connectivity index (χ4n) is 2.33. The minimum absolute atomic E-state index is 0.0920. The van der Waals surface area contributed by atoms with Crippen molar-refractivity contribution in [2.24, 2.45) is 0 Å². The number of halogens is 2. The summed E-state index contributed by atoms with van der Waals surface area (Å²) in [6.45, 7) is 4.16. The SMILES string of the molecule is CC(C)c1ccc2cc(C(=O)N[S+]([O-])c3ccc(Cl)cc3Cl)oc2c1. The molecule has 0 aliphatic rings. The average Bonchev–Trinajstić information content (AvgIpc) is 2.97. The quantitative estimate of drug-likeness (QED) is 0.608. The maximum atomic E-state index is 12.3. The van der Waals surface area contributed by atoms with Gasteiger partial charge in [0.1, 0.15) is 16.9 Å². The Labute approximate surface area is 158 Å². The van der Waals surface area contributed by atoms with Gasteiger partial charge in [0.15, 0.2) is 10.7 Å². The van der Waals surface area contributed by atoms with Gasteiger partial charge in [-0.2, -0.15) is 4.72 Å². The summed E-state index contributed by atoms with van der Waals surface area (Å²) in [6, 6.07) is 12.0. The molecule has 25 heavy (non-hydrogen) atoms. The van der Waals surface area contributed by atoms with Gasteiger partial charge < -0.3 is 8.97 Å². The molecule has 130 valence electrons. The average molecular weight is 396 g/mol. The van der Waals surface area contributed by atoms with Gasteiger partial charge in [0.2, 0.25) is 0 Å². The number of hydrogen-bond acceptors (Lipinski definition) is 3. The van der Waals surface area contributed by atoms with E-state index in [1.54, 1.807) is 12.1 Å². The van der Waals surface area contributed by atoms with E-state index in [0.29, 0.717) is 16.5 Å². The molecule has 0 aliphatic carbocycles. The molecule has 4 nitrogen and oxygen atoms in total. The lowest BCUT2D eigenvalue weighted by Crippen LogP contribution is -2.30. The number of nitrogens with one attached hydrogen (secondary N) is 1. The maximum Gasteiger partial charge on any atom is 0.328 e. The molecule has 1 unspecified atom stereocenters. The number of amides is 1. The number of carbonyl (C=O) groups excluding carboxylic acids is 1. The van der Waals surface area contributed by atoms with E-state index in [1.807, 2.05) is 18.2 Å². The monoisotopic (exact) mass is 395 g/mol. The molecule has 1 aromatic heterocycles. The third kappa shape index (κ3) is 3.96. The molecule has 2 aromatic carbocycles. The van der Waals surface area contributed by atoms with Crippen LogP contribution in [0.2, 0.25) is 10.0 Å². The fourth-order valence-corrected chi connectivity index (χ4v) is 3.76. The lowest BCUT2D eigenvalue weighted by molar-refractivity contribution is 0.0956. The number of rotatable bonds is 4. The number of benzene rings is 2. The zero-order chi connectivity index (χ0) is 18.1. The molecule has 0 saturated carbocycles. The Bertz CT molecular complexity index is 939. The van der Waals surface area contributed by atoms with Crippen molar-refractivity contribution < 1.29 is 13.8 Å². The van der Waals surface area contributed by atoms with Crippen molar-refractivity contribution in [1.82, 2.24) is 4.72 Å². The Morgan fingerprint density at radius 1 is 1.16 bits per heavy atom. The van der Waals surface area contributed by atoms with Gasteiger partial charge in [-0.15, -0.1) is 0 Å². The fraction of sp³-hybridized carbons (Fsp3) is 0.167. The number of fused-ring (bicyclic) bond motifs is 1. The van der Waals surface area contributed by atoms with Gasteiger partial charge in [-0.05, 0) is 41.8 Å². The van der Waals surface area contributed by atoms with Crippen LogP contribution in [0.5, 0.6) is 0 Å². The van der Waals surface area contributed by atoms with Gasteiger partial charge >= 0.3 is 5.91 Å². The summed E-state index contributed by atoms with van der Waals surface area (Å²) >= 11 is 10.0. The molecule has 0 aliphatic heterocycles. The van der Waals surface area contributed by atoms with Crippen molar-refractivity contribution >= 4 is 51.4 Å². The lowest BCUT2D eigenvalue weighted by atomic mass is 10.0. The Kier molecular flexibility index (Phi) is 5.29. The van der Waals surface area contributed by atoms with Gasteiger partial charge in [-0.1, -0.05) is 49.2 Å². The molecule has 1 heterocycles. The summed E-state index contributed by atoms with van der Waals surface area (Å²) in [4.78, 5) is 12.6. The summed E-state index contributed by atoms with van der Waals surface area (Å²) in [5, 5.41) is 1.46.